The Hall–Kier alpha value is -1.09. The van der Waals surface area contributed by atoms with E-state index in [9.17, 15) is 5.11 Å². The van der Waals surface area contributed by atoms with Crippen LogP contribution in [0.2, 0.25) is 0 Å². The summed E-state index contributed by atoms with van der Waals surface area (Å²) in [5.74, 6) is 0.593. The van der Waals surface area contributed by atoms with Crippen LogP contribution in [0.1, 0.15) is 31.2 Å². The van der Waals surface area contributed by atoms with E-state index < -0.39 is 5.60 Å². The quantitative estimate of drug-likeness (QED) is 0.779. The molecule has 1 saturated carbocycles. The molecule has 1 aliphatic carbocycles. The lowest BCUT2D eigenvalue weighted by Crippen LogP contribution is -2.20. The van der Waals surface area contributed by atoms with Crippen molar-refractivity contribution in [2.45, 2.75) is 31.3 Å². The van der Waals surface area contributed by atoms with E-state index in [1.165, 1.54) is 0 Å². The molecule has 0 aromatic carbocycles. The molecule has 0 unspecified atom stereocenters. The molecular formula is C11H15NO2. The van der Waals surface area contributed by atoms with Crippen molar-refractivity contribution in [1.82, 2.24) is 4.98 Å². The molecule has 0 amide bonds. The van der Waals surface area contributed by atoms with E-state index in [0.29, 0.717) is 5.88 Å². The minimum absolute atomic E-state index is 0.593. The molecule has 1 aromatic rings. The first-order chi connectivity index (χ1) is 6.74. The van der Waals surface area contributed by atoms with Gasteiger partial charge in [-0.1, -0.05) is 12.8 Å². The van der Waals surface area contributed by atoms with Gasteiger partial charge in [0.05, 0.1) is 12.7 Å². The van der Waals surface area contributed by atoms with E-state index in [1.54, 1.807) is 19.4 Å². The Morgan fingerprint density at radius 3 is 2.57 bits per heavy atom. The highest BCUT2D eigenvalue weighted by Gasteiger charge is 2.33. The van der Waals surface area contributed by atoms with Crippen molar-refractivity contribution in [2.24, 2.45) is 0 Å². The van der Waals surface area contributed by atoms with Gasteiger partial charge in [-0.2, -0.15) is 0 Å². The van der Waals surface area contributed by atoms with Gasteiger partial charge in [-0.3, -0.25) is 0 Å². The number of hydrogen-bond donors (Lipinski definition) is 1. The van der Waals surface area contributed by atoms with Gasteiger partial charge in [-0.15, -0.1) is 0 Å². The van der Waals surface area contributed by atoms with Gasteiger partial charge in [-0.25, -0.2) is 4.98 Å². The summed E-state index contributed by atoms with van der Waals surface area (Å²) in [7, 11) is 1.59. The molecule has 0 aliphatic heterocycles. The molecular weight excluding hydrogens is 178 g/mol. The highest BCUT2D eigenvalue weighted by Crippen LogP contribution is 2.38. The van der Waals surface area contributed by atoms with Crippen molar-refractivity contribution in [3.63, 3.8) is 0 Å². The Balaban J connectivity index is 2.23. The number of methoxy groups -OCH3 is 1. The predicted octanol–water partition coefficient (Wildman–Crippen LogP) is 1.85. The molecule has 0 spiro atoms. The Bertz CT molecular complexity index is 302. The zero-order valence-corrected chi connectivity index (χ0v) is 8.36. The fourth-order valence-electron chi connectivity index (χ4n) is 2.02. The average Bonchev–Trinajstić information content (AvgIpc) is 2.67. The van der Waals surface area contributed by atoms with E-state index in [-0.39, 0.29) is 0 Å². The van der Waals surface area contributed by atoms with Gasteiger partial charge in [-0.05, 0) is 18.9 Å². The second kappa shape index (κ2) is 3.58. The number of aliphatic hydroxyl groups is 1. The van der Waals surface area contributed by atoms with Crippen molar-refractivity contribution >= 4 is 0 Å². The van der Waals surface area contributed by atoms with E-state index in [2.05, 4.69) is 4.98 Å². The van der Waals surface area contributed by atoms with Crippen molar-refractivity contribution in [1.29, 1.82) is 0 Å². The topological polar surface area (TPSA) is 42.4 Å². The monoisotopic (exact) mass is 193 g/mol. The third-order valence-corrected chi connectivity index (χ3v) is 2.91. The van der Waals surface area contributed by atoms with Crippen LogP contribution in [0, 0.1) is 0 Å². The average molecular weight is 193 g/mol. The summed E-state index contributed by atoms with van der Waals surface area (Å²) >= 11 is 0. The maximum absolute atomic E-state index is 10.2. The zero-order chi connectivity index (χ0) is 10.0. The van der Waals surface area contributed by atoms with Crippen LogP contribution in [-0.4, -0.2) is 17.2 Å². The third kappa shape index (κ3) is 1.60. The molecule has 1 aliphatic rings. The molecule has 14 heavy (non-hydrogen) atoms. The molecule has 2 rings (SSSR count). The molecule has 1 aromatic heterocycles. The summed E-state index contributed by atoms with van der Waals surface area (Å²) in [6.45, 7) is 0. The first-order valence-corrected chi connectivity index (χ1v) is 4.97. The molecule has 3 nitrogen and oxygen atoms in total. The molecule has 0 bridgehead atoms. The van der Waals surface area contributed by atoms with E-state index in [1.807, 2.05) is 6.07 Å². The van der Waals surface area contributed by atoms with Crippen molar-refractivity contribution in [2.75, 3.05) is 7.11 Å². The van der Waals surface area contributed by atoms with Crippen molar-refractivity contribution < 1.29 is 9.84 Å². The van der Waals surface area contributed by atoms with Gasteiger partial charge < -0.3 is 9.84 Å². The van der Waals surface area contributed by atoms with Crippen LogP contribution < -0.4 is 4.74 Å². The molecule has 0 atom stereocenters. The summed E-state index contributed by atoms with van der Waals surface area (Å²) in [6.07, 6.45) is 5.61. The van der Waals surface area contributed by atoms with Crippen LogP contribution in [0.5, 0.6) is 5.88 Å². The van der Waals surface area contributed by atoms with E-state index >= 15 is 0 Å². The van der Waals surface area contributed by atoms with Crippen LogP contribution in [0.3, 0.4) is 0 Å². The molecule has 76 valence electrons. The molecule has 0 radical (unpaired) electrons. The maximum atomic E-state index is 10.2. The molecule has 1 heterocycles. The summed E-state index contributed by atoms with van der Waals surface area (Å²) in [5, 5.41) is 10.2. The standard InChI is InChI=1S/C11H15NO2/c1-14-10-5-4-9(8-12-10)11(13)6-2-3-7-11/h4-5,8,13H,2-3,6-7H2,1H3. The normalized spacial score (nSPS) is 19.6. The number of nitrogens with zero attached hydrogens (tertiary/aromatic N) is 1. The molecule has 1 N–H and O–H groups in total. The summed E-state index contributed by atoms with van der Waals surface area (Å²) in [4.78, 5) is 4.10. The summed E-state index contributed by atoms with van der Waals surface area (Å²) in [6, 6.07) is 3.70. The smallest absolute Gasteiger partial charge is 0.212 e. The van der Waals surface area contributed by atoms with Crippen molar-refractivity contribution in [3.05, 3.63) is 23.9 Å². The van der Waals surface area contributed by atoms with Crippen molar-refractivity contribution in [3.8, 4) is 5.88 Å². The number of ether oxygens (including phenoxy) is 1. The zero-order valence-electron chi connectivity index (χ0n) is 8.36. The van der Waals surface area contributed by atoms with Crippen LogP contribution in [0.15, 0.2) is 18.3 Å². The first-order valence-electron chi connectivity index (χ1n) is 4.97. The highest BCUT2D eigenvalue weighted by molar-refractivity contribution is 5.24. The summed E-state index contributed by atoms with van der Waals surface area (Å²) in [5.41, 5.74) is 0.273. The van der Waals surface area contributed by atoms with Crippen LogP contribution in [0.25, 0.3) is 0 Å². The Morgan fingerprint density at radius 1 is 1.36 bits per heavy atom. The minimum atomic E-state index is -0.640. The summed E-state index contributed by atoms with van der Waals surface area (Å²) < 4.78 is 4.97. The Morgan fingerprint density at radius 2 is 2.07 bits per heavy atom. The van der Waals surface area contributed by atoms with Gasteiger partial charge >= 0.3 is 0 Å². The van der Waals surface area contributed by atoms with E-state index in [4.69, 9.17) is 4.74 Å². The van der Waals surface area contributed by atoms with E-state index in [0.717, 1.165) is 31.2 Å². The highest BCUT2D eigenvalue weighted by atomic mass is 16.5. The Labute approximate surface area is 83.7 Å². The minimum Gasteiger partial charge on any atom is -0.481 e. The second-order valence-corrected chi connectivity index (χ2v) is 3.83. The molecule has 0 saturated heterocycles. The lowest BCUT2D eigenvalue weighted by Gasteiger charge is -2.22. The second-order valence-electron chi connectivity index (χ2n) is 3.83. The molecule has 1 fully saturated rings. The maximum Gasteiger partial charge on any atom is 0.212 e. The number of pyridine rings is 1. The van der Waals surface area contributed by atoms with Crippen LogP contribution >= 0.6 is 0 Å². The number of rotatable bonds is 2. The molecule has 3 heteroatoms. The lowest BCUT2D eigenvalue weighted by molar-refractivity contribution is 0.0440. The van der Waals surface area contributed by atoms with Crippen LogP contribution in [-0.2, 0) is 5.60 Å². The predicted molar refractivity (Wildman–Crippen MR) is 53.2 cm³/mol. The fourth-order valence-corrected chi connectivity index (χ4v) is 2.02. The van der Waals surface area contributed by atoms with Gasteiger partial charge in [0.2, 0.25) is 5.88 Å². The fraction of sp³-hybridized carbons (Fsp3) is 0.545. The lowest BCUT2D eigenvalue weighted by atomic mass is 9.94. The Kier molecular flexibility index (Phi) is 2.42. The number of hydrogen-bond acceptors (Lipinski definition) is 3. The van der Waals surface area contributed by atoms with Crippen LogP contribution in [0.4, 0.5) is 0 Å². The van der Waals surface area contributed by atoms with Gasteiger partial charge in [0, 0.05) is 17.8 Å². The van der Waals surface area contributed by atoms with Gasteiger partial charge in [0.25, 0.3) is 0 Å². The van der Waals surface area contributed by atoms with Gasteiger partial charge in [0.1, 0.15) is 0 Å². The third-order valence-electron chi connectivity index (χ3n) is 2.91. The SMILES string of the molecule is COc1ccc(C2(O)CCCC2)cn1. The van der Waals surface area contributed by atoms with Gasteiger partial charge in [0.15, 0.2) is 0 Å². The largest absolute Gasteiger partial charge is 0.481 e. The first kappa shape index (κ1) is 9.46. The number of aromatic nitrogens is 1.